The lowest BCUT2D eigenvalue weighted by molar-refractivity contribution is -0.219. The van der Waals surface area contributed by atoms with Crippen LogP contribution in [-0.4, -0.2) is 81.9 Å². The van der Waals surface area contributed by atoms with E-state index < -0.39 is 37.5 Å². The van der Waals surface area contributed by atoms with Crippen LogP contribution < -0.4 is 5.32 Å². The molecule has 0 bridgehead atoms. The molecule has 1 heterocycles. The number of para-hydroxylation sites is 1. The van der Waals surface area contributed by atoms with Gasteiger partial charge in [0, 0.05) is 28.7 Å². The Balaban J connectivity index is 0.000000288. The van der Waals surface area contributed by atoms with Crippen LogP contribution in [0.5, 0.6) is 0 Å². The van der Waals surface area contributed by atoms with E-state index in [0.29, 0.717) is 0 Å². The van der Waals surface area contributed by atoms with Crippen LogP contribution in [0.15, 0.2) is 84.9 Å². The summed E-state index contributed by atoms with van der Waals surface area (Å²) in [5.41, 5.74) is 6.73. The van der Waals surface area contributed by atoms with E-state index in [1.807, 2.05) is 0 Å². The summed E-state index contributed by atoms with van der Waals surface area (Å²) in [4.78, 5) is 36.3. The molecule has 13 nitrogen and oxygen atoms in total. The van der Waals surface area contributed by atoms with E-state index in [0.717, 1.165) is 32.2 Å². The third-order valence-electron chi connectivity index (χ3n) is 9.14. The van der Waals surface area contributed by atoms with Crippen LogP contribution >= 0.6 is 0 Å². The molecule has 1 aliphatic rings. The lowest BCUT2D eigenvalue weighted by atomic mass is 9.67. The van der Waals surface area contributed by atoms with Crippen LogP contribution in [0, 0.1) is 6.92 Å². The Morgan fingerprint density at radius 3 is 1.84 bits per heavy atom. The lowest BCUT2D eigenvalue weighted by Crippen LogP contribution is -2.53. The second kappa shape index (κ2) is 15.9. The molecule has 0 spiro atoms. The van der Waals surface area contributed by atoms with E-state index in [2.05, 4.69) is 135 Å². The van der Waals surface area contributed by atoms with Crippen molar-refractivity contribution in [2.24, 2.45) is 0 Å². The molecule has 0 radical (unpaired) electrons. The van der Waals surface area contributed by atoms with Gasteiger partial charge in [-0.1, -0.05) is 78.9 Å². The maximum absolute atomic E-state index is 10.1. The maximum atomic E-state index is 10.1. The summed E-state index contributed by atoms with van der Waals surface area (Å²) < 4.78 is 11.5. The van der Waals surface area contributed by atoms with Gasteiger partial charge in [0.25, 0.3) is 5.79 Å². The SMILES string of the molecule is Cc1c(C2(NCc3ccccc3)CCC(c3ccccc3)(N(C)C)CC2)[nH]c2ccccc12.O=C(O)OCC(O)(COC(=O)O)OC(=O)O. The largest absolute Gasteiger partial charge is 0.508 e. The van der Waals surface area contributed by atoms with Gasteiger partial charge >= 0.3 is 18.5 Å². The smallest absolute Gasteiger partial charge is 0.450 e. The Morgan fingerprint density at radius 2 is 1.33 bits per heavy atom. The Labute approximate surface area is 284 Å². The summed E-state index contributed by atoms with van der Waals surface area (Å²) in [5, 5.41) is 39.1. The van der Waals surface area contributed by atoms with Crippen molar-refractivity contribution in [3.63, 3.8) is 0 Å². The Morgan fingerprint density at radius 1 is 0.796 bits per heavy atom. The van der Waals surface area contributed by atoms with Crippen molar-refractivity contribution in [2.45, 2.75) is 56.0 Å². The van der Waals surface area contributed by atoms with Gasteiger partial charge in [0.1, 0.15) is 0 Å². The first-order valence-electron chi connectivity index (χ1n) is 15.7. The number of aromatic amines is 1. The molecule has 5 rings (SSSR count). The molecule has 0 unspecified atom stereocenters. The van der Waals surface area contributed by atoms with E-state index in [1.54, 1.807) is 0 Å². The van der Waals surface area contributed by atoms with Crippen molar-refractivity contribution in [3.05, 3.63) is 107 Å². The first kappa shape index (κ1) is 36.7. The second-order valence-electron chi connectivity index (χ2n) is 12.3. The zero-order valence-electron chi connectivity index (χ0n) is 27.7. The Hall–Kier alpha value is -5.11. The first-order valence-corrected chi connectivity index (χ1v) is 15.7. The number of aromatic nitrogens is 1. The number of carbonyl (C=O) groups is 3. The van der Waals surface area contributed by atoms with Crippen LogP contribution in [0.25, 0.3) is 10.9 Å². The highest BCUT2D eigenvalue weighted by Crippen LogP contribution is 2.49. The van der Waals surface area contributed by atoms with E-state index in [4.69, 9.17) is 15.3 Å². The number of aliphatic hydroxyl groups is 1. The molecule has 0 amide bonds. The fraction of sp³-hybridized carbons (Fsp3) is 0.361. The number of aryl methyl sites for hydroxylation is 1. The van der Waals surface area contributed by atoms with Gasteiger partial charge in [0.2, 0.25) is 0 Å². The number of carboxylic acid groups (broad SMARTS) is 3. The number of nitrogens with zero attached hydrogens (tertiary/aromatic N) is 1. The van der Waals surface area contributed by atoms with Gasteiger partial charge in [-0.3, -0.25) is 4.90 Å². The summed E-state index contributed by atoms with van der Waals surface area (Å²) in [6.07, 6.45) is -1.17. The summed E-state index contributed by atoms with van der Waals surface area (Å²) in [5.74, 6) is -2.72. The predicted octanol–water partition coefficient (Wildman–Crippen LogP) is 6.25. The van der Waals surface area contributed by atoms with Gasteiger partial charge in [0.05, 0.1) is 5.54 Å². The number of hydrogen-bond donors (Lipinski definition) is 6. The molecule has 1 saturated carbocycles. The van der Waals surface area contributed by atoms with E-state index in [-0.39, 0.29) is 11.1 Å². The zero-order chi connectivity index (χ0) is 35.7. The third-order valence-corrected chi connectivity index (χ3v) is 9.14. The molecule has 0 atom stereocenters. The van der Waals surface area contributed by atoms with Gasteiger partial charge in [0.15, 0.2) is 13.2 Å². The molecule has 1 aliphatic carbocycles. The number of rotatable bonds is 11. The number of H-pyrrole nitrogens is 1. The van der Waals surface area contributed by atoms with E-state index in [9.17, 15) is 19.5 Å². The van der Waals surface area contributed by atoms with Gasteiger partial charge in [-0.15, -0.1) is 0 Å². The quantitative estimate of drug-likeness (QED) is 0.0595. The molecular weight excluding hydrogens is 634 g/mol. The molecule has 0 aliphatic heterocycles. The van der Waals surface area contributed by atoms with Crippen molar-refractivity contribution >= 4 is 29.4 Å². The van der Waals surface area contributed by atoms with E-state index >= 15 is 0 Å². The van der Waals surface area contributed by atoms with Gasteiger partial charge < -0.3 is 44.9 Å². The van der Waals surface area contributed by atoms with Crippen LogP contribution in [0.3, 0.4) is 0 Å². The molecule has 1 fully saturated rings. The highest BCUT2D eigenvalue weighted by Gasteiger charge is 2.47. The summed E-state index contributed by atoms with van der Waals surface area (Å²) in [6, 6.07) is 30.6. The normalized spacial score (nSPS) is 19.0. The number of fused-ring (bicyclic) bond motifs is 1. The molecule has 6 N–H and O–H groups in total. The average molecular weight is 678 g/mol. The van der Waals surface area contributed by atoms with Gasteiger partial charge in [-0.05, 0) is 69.5 Å². The highest BCUT2D eigenvalue weighted by molar-refractivity contribution is 5.84. The van der Waals surface area contributed by atoms with Crippen molar-refractivity contribution in [2.75, 3.05) is 27.3 Å². The fourth-order valence-corrected chi connectivity index (χ4v) is 6.59. The molecule has 0 saturated heterocycles. The molecule has 1 aromatic heterocycles. The minimum Gasteiger partial charge on any atom is -0.450 e. The van der Waals surface area contributed by atoms with Gasteiger partial charge in [-0.2, -0.15) is 0 Å². The molecule has 3 aromatic carbocycles. The summed E-state index contributed by atoms with van der Waals surface area (Å²) in [6.45, 7) is 0.908. The van der Waals surface area contributed by atoms with Crippen molar-refractivity contribution in [1.29, 1.82) is 0 Å². The van der Waals surface area contributed by atoms with Crippen LogP contribution in [0.2, 0.25) is 0 Å². The first-order chi connectivity index (χ1) is 23.3. The minimum atomic E-state index is -2.72. The monoisotopic (exact) mass is 677 g/mol. The molecule has 49 heavy (non-hydrogen) atoms. The van der Waals surface area contributed by atoms with Crippen molar-refractivity contribution in [1.82, 2.24) is 15.2 Å². The Kier molecular flexibility index (Phi) is 11.9. The number of hydrogen-bond acceptors (Lipinski definition) is 9. The predicted molar refractivity (Wildman–Crippen MR) is 180 cm³/mol. The van der Waals surface area contributed by atoms with Crippen LogP contribution in [-0.2, 0) is 31.8 Å². The maximum Gasteiger partial charge on any atom is 0.508 e. The topological polar surface area (TPSA) is 191 Å². The number of benzene rings is 3. The van der Waals surface area contributed by atoms with Gasteiger partial charge in [-0.25, -0.2) is 14.4 Å². The fourth-order valence-electron chi connectivity index (χ4n) is 6.59. The molecular formula is C36H43N3O10. The summed E-state index contributed by atoms with van der Waals surface area (Å²) in [7, 11) is 4.48. The zero-order valence-corrected chi connectivity index (χ0v) is 27.7. The number of nitrogens with one attached hydrogen (secondary N) is 2. The van der Waals surface area contributed by atoms with Crippen molar-refractivity contribution < 1.29 is 49.0 Å². The molecule has 13 heteroatoms. The van der Waals surface area contributed by atoms with Crippen LogP contribution in [0.4, 0.5) is 14.4 Å². The Bertz CT molecular complexity index is 1680. The highest BCUT2D eigenvalue weighted by atomic mass is 16.8. The number of ether oxygens (including phenoxy) is 3. The summed E-state index contributed by atoms with van der Waals surface area (Å²) >= 11 is 0. The second-order valence-corrected chi connectivity index (χ2v) is 12.3. The molecule has 262 valence electrons. The standard InChI is InChI=1S/C30H35N3.C6H8O10/c1-23-26-16-10-11-17-27(26)32-28(23)29(31-22-24-12-6-4-7-13-24)18-20-30(21-19-29,33(2)3)25-14-8-5-9-15-25;7-3(8)14-1-6(13,16-5(11)12)2-15-4(9)10/h4-17,31-32H,18-22H2,1-3H3;13H,1-2H2,(H,7,8)(H,9,10)(H,11,12). The van der Waals surface area contributed by atoms with E-state index in [1.165, 1.54) is 33.3 Å². The molecule has 4 aromatic rings. The average Bonchev–Trinajstić information content (AvgIpc) is 3.43. The van der Waals surface area contributed by atoms with Crippen LogP contribution in [0.1, 0.15) is 48.1 Å². The third kappa shape index (κ3) is 9.08. The van der Waals surface area contributed by atoms with Crippen molar-refractivity contribution in [3.8, 4) is 0 Å². The minimum absolute atomic E-state index is 0.0686. The lowest BCUT2D eigenvalue weighted by Gasteiger charge is -2.50.